The summed E-state index contributed by atoms with van der Waals surface area (Å²) in [6.45, 7) is 1.55. The third-order valence-electron chi connectivity index (χ3n) is 8.48. The summed E-state index contributed by atoms with van der Waals surface area (Å²) in [5.74, 6) is -0.528. The number of hydrogen-bond acceptors (Lipinski definition) is 11. The van der Waals surface area contributed by atoms with Gasteiger partial charge in [0.2, 0.25) is 0 Å². The minimum Gasteiger partial charge on any atom is -0.494 e. The number of ether oxygens (including phenoxy) is 1. The molecule has 14 heteroatoms. The first-order chi connectivity index (χ1) is 24.4. The Morgan fingerprint density at radius 1 is 1.00 bits per heavy atom. The van der Waals surface area contributed by atoms with Crippen LogP contribution in [0.5, 0.6) is 5.75 Å². The molecule has 4 aromatic heterocycles. The van der Waals surface area contributed by atoms with E-state index in [2.05, 4.69) is 51.5 Å². The molecular formula is C36H27BrN6O4S3. The molecular weight excluding hydrogens is 757 g/mol. The van der Waals surface area contributed by atoms with Crippen molar-refractivity contribution in [1.29, 1.82) is 0 Å². The van der Waals surface area contributed by atoms with Crippen LogP contribution in [0.4, 0.5) is 10.3 Å². The van der Waals surface area contributed by atoms with Crippen LogP contribution in [0.15, 0.2) is 83.0 Å². The summed E-state index contributed by atoms with van der Waals surface area (Å²) in [7, 11) is 0. The minimum absolute atomic E-state index is 0.0699. The summed E-state index contributed by atoms with van der Waals surface area (Å²) in [5, 5.41) is 16.2. The topological polar surface area (TPSA) is 130 Å². The van der Waals surface area contributed by atoms with Gasteiger partial charge in [-0.1, -0.05) is 47.7 Å². The van der Waals surface area contributed by atoms with Gasteiger partial charge in [-0.05, 0) is 82.2 Å². The smallest absolute Gasteiger partial charge is 0.355 e. The van der Waals surface area contributed by atoms with Crippen LogP contribution in [0.3, 0.4) is 0 Å². The molecule has 0 radical (unpaired) electrons. The number of benzene rings is 3. The molecule has 1 aliphatic heterocycles. The molecule has 250 valence electrons. The van der Waals surface area contributed by atoms with Crippen molar-refractivity contribution in [2.45, 2.75) is 25.8 Å². The van der Waals surface area contributed by atoms with Crippen molar-refractivity contribution in [3.8, 4) is 16.9 Å². The fourth-order valence-corrected chi connectivity index (χ4v) is 9.49. The number of halogens is 1. The Bertz CT molecular complexity index is 2360. The van der Waals surface area contributed by atoms with Crippen molar-refractivity contribution >= 4 is 92.5 Å². The van der Waals surface area contributed by atoms with Crippen molar-refractivity contribution in [1.82, 2.24) is 19.9 Å². The minimum atomic E-state index is -1.05. The molecule has 0 unspecified atom stereocenters. The van der Waals surface area contributed by atoms with Crippen molar-refractivity contribution < 1.29 is 19.4 Å². The van der Waals surface area contributed by atoms with E-state index < -0.39 is 5.97 Å². The Morgan fingerprint density at radius 3 is 2.70 bits per heavy atom. The van der Waals surface area contributed by atoms with E-state index in [9.17, 15) is 14.7 Å². The number of carboxylic acids is 1. The van der Waals surface area contributed by atoms with Crippen LogP contribution in [-0.2, 0) is 19.4 Å². The van der Waals surface area contributed by atoms with Crippen LogP contribution in [0, 0.1) is 0 Å². The molecule has 5 heterocycles. The summed E-state index contributed by atoms with van der Waals surface area (Å²) in [4.78, 5) is 46.2. The number of nitrogens with zero attached hydrogens (tertiary/aromatic N) is 5. The average molecular weight is 784 g/mol. The van der Waals surface area contributed by atoms with Gasteiger partial charge in [0.25, 0.3) is 5.91 Å². The van der Waals surface area contributed by atoms with Gasteiger partial charge in [-0.15, -0.1) is 22.7 Å². The van der Waals surface area contributed by atoms with E-state index in [0.717, 1.165) is 59.5 Å². The number of aromatic nitrogens is 4. The zero-order valence-corrected chi connectivity index (χ0v) is 30.3. The fraction of sp³-hybridized carbons (Fsp3) is 0.167. The van der Waals surface area contributed by atoms with Crippen LogP contribution in [-0.4, -0.2) is 50.1 Å². The third kappa shape index (κ3) is 6.47. The lowest BCUT2D eigenvalue weighted by Crippen LogP contribution is -2.32. The number of carbonyl (C=O) groups excluding carboxylic acids is 1. The molecule has 10 nitrogen and oxygen atoms in total. The quantitative estimate of drug-likeness (QED) is 0.103. The summed E-state index contributed by atoms with van der Waals surface area (Å²) < 4.78 is 8.82. The molecule has 0 atom stereocenters. The van der Waals surface area contributed by atoms with Gasteiger partial charge < -0.3 is 14.7 Å². The van der Waals surface area contributed by atoms with Crippen LogP contribution in [0.1, 0.15) is 43.3 Å². The molecule has 0 saturated heterocycles. The monoisotopic (exact) mass is 782 g/mol. The number of nitrogens with one attached hydrogen (secondary N) is 1. The molecule has 0 spiro atoms. The molecule has 1 amide bonds. The SMILES string of the molecule is O=C(Nc1nc2ccccc2s1)c1cccc2c1CN(c1nc(C(=O)O)c(CCCOc3ccc(-c4csc5c(Br)ncnc45)cc3)s1)CC2. The maximum absolute atomic E-state index is 13.5. The third-order valence-corrected chi connectivity index (χ3v) is 12.5. The number of carboxylic acid groups (broad SMARTS) is 1. The molecule has 0 saturated carbocycles. The Kier molecular flexibility index (Phi) is 9.00. The van der Waals surface area contributed by atoms with Crippen molar-refractivity contribution in [2.75, 3.05) is 23.4 Å². The molecule has 7 aromatic rings. The van der Waals surface area contributed by atoms with Crippen LogP contribution < -0.4 is 15.0 Å². The molecule has 3 aromatic carbocycles. The Labute approximate surface area is 306 Å². The molecule has 8 rings (SSSR count). The maximum atomic E-state index is 13.5. The van der Waals surface area contributed by atoms with Crippen molar-refractivity contribution in [2.24, 2.45) is 0 Å². The first-order valence-electron chi connectivity index (χ1n) is 15.8. The van der Waals surface area contributed by atoms with Crippen molar-refractivity contribution in [3.63, 3.8) is 0 Å². The van der Waals surface area contributed by atoms with Crippen molar-refractivity contribution in [3.05, 3.63) is 110 Å². The average Bonchev–Trinajstić information content (AvgIpc) is 3.87. The zero-order valence-electron chi connectivity index (χ0n) is 26.3. The molecule has 2 N–H and O–H groups in total. The second-order valence-corrected chi connectivity index (χ2v) is 15.3. The number of hydrogen-bond donors (Lipinski definition) is 2. The van der Waals surface area contributed by atoms with Crippen LogP contribution in [0.25, 0.3) is 31.6 Å². The number of fused-ring (bicyclic) bond motifs is 3. The second-order valence-electron chi connectivity index (χ2n) is 11.6. The normalized spacial score (nSPS) is 12.7. The summed E-state index contributed by atoms with van der Waals surface area (Å²) in [6.07, 6.45) is 3.42. The number of carbonyl (C=O) groups is 2. The van der Waals surface area contributed by atoms with Gasteiger partial charge in [0, 0.05) is 34.5 Å². The lowest BCUT2D eigenvalue weighted by atomic mass is 9.94. The van der Waals surface area contributed by atoms with E-state index in [1.807, 2.05) is 66.7 Å². The number of para-hydroxylation sites is 1. The number of amides is 1. The van der Waals surface area contributed by atoms with Gasteiger partial charge in [0.05, 0.1) is 27.0 Å². The van der Waals surface area contributed by atoms with Gasteiger partial charge in [0.1, 0.15) is 16.7 Å². The maximum Gasteiger partial charge on any atom is 0.355 e. The van der Waals surface area contributed by atoms with E-state index >= 15 is 0 Å². The first-order valence-corrected chi connectivity index (χ1v) is 19.1. The molecule has 1 aliphatic rings. The van der Waals surface area contributed by atoms with E-state index in [1.54, 1.807) is 17.7 Å². The summed E-state index contributed by atoms with van der Waals surface area (Å²) in [6, 6.07) is 21.4. The van der Waals surface area contributed by atoms with Gasteiger partial charge >= 0.3 is 5.97 Å². The molecule has 50 heavy (non-hydrogen) atoms. The van der Waals surface area contributed by atoms with E-state index in [1.165, 1.54) is 22.7 Å². The lowest BCUT2D eigenvalue weighted by molar-refractivity contribution is 0.0690. The number of aromatic carboxylic acids is 1. The fourth-order valence-electron chi connectivity index (χ4n) is 6.04. The van der Waals surface area contributed by atoms with Crippen LogP contribution >= 0.6 is 49.9 Å². The highest BCUT2D eigenvalue weighted by molar-refractivity contribution is 9.10. The van der Waals surface area contributed by atoms with Gasteiger partial charge in [-0.3, -0.25) is 10.1 Å². The highest BCUT2D eigenvalue weighted by Gasteiger charge is 2.27. The molecule has 0 bridgehead atoms. The highest BCUT2D eigenvalue weighted by Crippen LogP contribution is 2.37. The predicted octanol–water partition coefficient (Wildman–Crippen LogP) is 8.71. The van der Waals surface area contributed by atoms with Gasteiger partial charge in [0.15, 0.2) is 16.0 Å². The number of thiazole rings is 2. The number of aryl methyl sites for hydroxylation is 1. The van der Waals surface area contributed by atoms with Crippen LogP contribution in [0.2, 0.25) is 0 Å². The Hall–Kier alpha value is -4.76. The largest absolute Gasteiger partial charge is 0.494 e. The van der Waals surface area contributed by atoms with E-state index in [-0.39, 0.29) is 11.6 Å². The second kappa shape index (κ2) is 13.9. The standard InChI is InChI=1S/C36H27BrN6O4S3/c37-32-31-29(38-19-39-32)25(18-48-31)21-10-12-22(13-11-21)47-16-4-9-28-30(34(45)46)41-36(50-28)43-15-14-20-5-3-6-23(24(20)17-43)33(44)42-35-40-26-7-1-2-8-27(26)49-35/h1-3,5-8,10-13,18-19H,4,9,14-17H2,(H,45,46)(H,40,42,44). The lowest BCUT2D eigenvalue weighted by Gasteiger charge is -2.29. The Balaban J connectivity index is 0.918. The predicted molar refractivity (Wildman–Crippen MR) is 202 cm³/mol. The Morgan fingerprint density at radius 2 is 1.86 bits per heavy atom. The van der Waals surface area contributed by atoms with Gasteiger partial charge in [-0.25, -0.2) is 24.7 Å². The van der Waals surface area contributed by atoms with E-state index in [0.29, 0.717) is 53.2 Å². The number of rotatable bonds is 10. The first kappa shape index (κ1) is 32.4. The molecule has 0 fully saturated rings. The van der Waals surface area contributed by atoms with E-state index in [4.69, 9.17) is 4.74 Å². The summed E-state index contributed by atoms with van der Waals surface area (Å²) >= 11 is 7.92. The zero-order chi connectivity index (χ0) is 34.2. The number of anilines is 2. The highest BCUT2D eigenvalue weighted by atomic mass is 79.9. The number of thiophene rings is 1. The summed E-state index contributed by atoms with van der Waals surface area (Å²) in [5.41, 5.74) is 6.50. The van der Waals surface area contributed by atoms with Gasteiger partial charge in [-0.2, -0.15) is 0 Å². The molecule has 0 aliphatic carbocycles.